The van der Waals surface area contributed by atoms with Crippen LogP contribution in [0.25, 0.3) is 11.4 Å². The van der Waals surface area contributed by atoms with Gasteiger partial charge in [-0.2, -0.15) is 0 Å². The molecular formula is C29H37N3O2. The summed E-state index contributed by atoms with van der Waals surface area (Å²) in [6.07, 6.45) is 2.85. The lowest BCUT2D eigenvalue weighted by Gasteiger charge is -2.33. The van der Waals surface area contributed by atoms with E-state index in [2.05, 4.69) is 49.2 Å². The molecule has 2 aromatic carbocycles. The molecule has 0 aliphatic carbocycles. The molecule has 1 saturated heterocycles. The average Bonchev–Trinajstić information content (AvgIpc) is 3.29. The molecule has 1 aromatic heterocycles. The fourth-order valence-corrected chi connectivity index (χ4v) is 5.00. The highest BCUT2D eigenvalue weighted by molar-refractivity contribution is 5.97. The Labute approximate surface area is 203 Å². The average molecular weight is 460 g/mol. The quantitative estimate of drug-likeness (QED) is 0.513. The Morgan fingerprint density at radius 3 is 2.41 bits per heavy atom. The molecular weight excluding hydrogens is 422 g/mol. The number of ether oxygens (including phenoxy) is 1. The van der Waals surface area contributed by atoms with Crippen molar-refractivity contribution in [2.24, 2.45) is 0 Å². The minimum absolute atomic E-state index is 0.130. The van der Waals surface area contributed by atoms with Crippen molar-refractivity contribution >= 4 is 5.91 Å². The predicted octanol–water partition coefficient (Wildman–Crippen LogP) is 6.12. The summed E-state index contributed by atoms with van der Waals surface area (Å²) in [7, 11) is 0. The lowest BCUT2D eigenvalue weighted by molar-refractivity contribution is 0.0712. The van der Waals surface area contributed by atoms with Gasteiger partial charge in [-0.05, 0) is 62.3 Å². The highest BCUT2D eigenvalue weighted by Crippen LogP contribution is 2.31. The molecule has 2 aliphatic rings. The van der Waals surface area contributed by atoms with Gasteiger partial charge in [0.25, 0.3) is 5.91 Å². The number of carbonyl (C=O) groups is 1. The zero-order valence-electron chi connectivity index (χ0n) is 21.2. The zero-order chi connectivity index (χ0) is 24.2. The Morgan fingerprint density at radius 2 is 1.74 bits per heavy atom. The summed E-state index contributed by atoms with van der Waals surface area (Å²) in [5.41, 5.74) is 8.75. The van der Waals surface area contributed by atoms with Crippen LogP contribution in [0.5, 0.6) is 0 Å². The molecule has 0 saturated carbocycles. The number of hydrogen-bond donors (Lipinski definition) is 1. The Kier molecular flexibility index (Phi) is 7.52. The first-order chi connectivity index (χ1) is 16.5. The van der Waals surface area contributed by atoms with Crippen molar-refractivity contribution in [1.29, 1.82) is 0 Å². The number of aromatic nitrogens is 2. The molecule has 1 fully saturated rings. The van der Waals surface area contributed by atoms with Crippen LogP contribution >= 0.6 is 0 Å². The monoisotopic (exact) mass is 459 g/mol. The van der Waals surface area contributed by atoms with E-state index in [-0.39, 0.29) is 5.91 Å². The van der Waals surface area contributed by atoms with Gasteiger partial charge < -0.3 is 14.6 Å². The number of nitrogens with zero attached hydrogens (tertiary/aromatic N) is 2. The summed E-state index contributed by atoms with van der Waals surface area (Å²) in [6, 6.07) is 13.0. The van der Waals surface area contributed by atoms with E-state index in [1.807, 2.05) is 31.7 Å². The van der Waals surface area contributed by atoms with E-state index in [9.17, 15) is 4.79 Å². The molecule has 5 heteroatoms. The second-order valence-corrected chi connectivity index (χ2v) is 9.27. The number of carbonyl (C=O) groups excluding carboxylic acids is 1. The number of H-pyrrole nitrogens is 1. The van der Waals surface area contributed by atoms with Gasteiger partial charge in [-0.25, -0.2) is 4.98 Å². The van der Waals surface area contributed by atoms with Gasteiger partial charge in [0.2, 0.25) is 0 Å². The van der Waals surface area contributed by atoms with E-state index in [1.165, 1.54) is 11.1 Å². The second kappa shape index (κ2) is 10.6. The third-order valence-electron chi connectivity index (χ3n) is 6.98. The fraction of sp³-hybridized carbons (Fsp3) is 0.448. The SMILES string of the molecule is CC.Cc1ccc(C2CCN(C(=O)c3cc(-c4nc5c([nH]4)COCC5)c(C)cc3C)CC2)cc1. The largest absolute Gasteiger partial charge is 0.375 e. The predicted molar refractivity (Wildman–Crippen MR) is 137 cm³/mol. The van der Waals surface area contributed by atoms with Gasteiger partial charge in [0.1, 0.15) is 5.82 Å². The molecule has 180 valence electrons. The number of imidazole rings is 1. The summed E-state index contributed by atoms with van der Waals surface area (Å²) in [4.78, 5) is 23.7. The first-order valence-electron chi connectivity index (χ1n) is 12.6. The lowest BCUT2D eigenvalue weighted by Crippen LogP contribution is -2.38. The van der Waals surface area contributed by atoms with Crippen LogP contribution in [-0.2, 0) is 17.8 Å². The number of piperidine rings is 1. The summed E-state index contributed by atoms with van der Waals surface area (Å²) in [5, 5.41) is 0. The highest BCUT2D eigenvalue weighted by atomic mass is 16.5. The van der Waals surface area contributed by atoms with Crippen LogP contribution in [0.15, 0.2) is 36.4 Å². The van der Waals surface area contributed by atoms with E-state index in [4.69, 9.17) is 9.72 Å². The molecule has 2 aliphatic heterocycles. The number of aryl methyl sites for hydroxylation is 3. The van der Waals surface area contributed by atoms with Crippen molar-refractivity contribution in [3.05, 3.63) is 75.6 Å². The summed E-state index contributed by atoms with van der Waals surface area (Å²) in [5.74, 6) is 1.50. The Bertz CT molecular complexity index is 1120. The maximum atomic E-state index is 13.5. The van der Waals surface area contributed by atoms with Crippen molar-refractivity contribution in [2.75, 3.05) is 19.7 Å². The molecule has 0 unspecified atom stereocenters. The third kappa shape index (κ3) is 4.95. The number of rotatable bonds is 3. The van der Waals surface area contributed by atoms with Crippen molar-refractivity contribution in [3.63, 3.8) is 0 Å². The molecule has 0 spiro atoms. The van der Waals surface area contributed by atoms with Crippen LogP contribution in [0.4, 0.5) is 0 Å². The molecule has 0 radical (unpaired) electrons. The van der Waals surface area contributed by atoms with Crippen LogP contribution < -0.4 is 0 Å². The summed E-state index contributed by atoms with van der Waals surface area (Å²) in [6.45, 7) is 13.1. The van der Waals surface area contributed by atoms with E-state index in [0.717, 1.165) is 71.8 Å². The van der Waals surface area contributed by atoms with Gasteiger partial charge in [0, 0.05) is 30.6 Å². The maximum Gasteiger partial charge on any atom is 0.254 e. The molecule has 1 amide bonds. The number of amides is 1. The number of aromatic amines is 1. The number of benzene rings is 2. The second-order valence-electron chi connectivity index (χ2n) is 9.27. The lowest BCUT2D eigenvalue weighted by atomic mass is 9.88. The molecule has 5 rings (SSSR count). The minimum Gasteiger partial charge on any atom is -0.375 e. The highest BCUT2D eigenvalue weighted by Gasteiger charge is 2.26. The molecule has 5 nitrogen and oxygen atoms in total. The van der Waals surface area contributed by atoms with Gasteiger partial charge in [0.05, 0.1) is 24.6 Å². The van der Waals surface area contributed by atoms with Crippen molar-refractivity contribution in [2.45, 2.75) is 66.4 Å². The Hall–Kier alpha value is -2.92. The molecule has 0 atom stereocenters. The first kappa shape index (κ1) is 24.2. The summed E-state index contributed by atoms with van der Waals surface area (Å²) >= 11 is 0. The van der Waals surface area contributed by atoms with Gasteiger partial charge >= 0.3 is 0 Å². The van der Waals surface area contributed by atoms with Gasteiger partial charge in [0.15, 0.2) is 0 Å². The molecule has 0 bridgehead atoms. The van der Waals surface area contributed by atoms with Gasteiger partial charge in [-0.3, -0.25) is 4.79 Å². The molecule has 34 heavy (non-hydrogen) atoms. The third-order valence-corrected chi connectivity index (χ3v) is 6.98. The van der Waals surface area contributed by atoms with Crippen molar-refractivity contribution in [1.82, 2.24) is 14.9 Å². The van der Waals surface area contributed by atoms with Crippen LogP contribution in [0.2, 0.25) is 0 Å². The van der Waals surface area contributed by atoms with Crippen molar-refractivity contribution in [3.8, 4) is 11.4 Å². The van der Waals surface area contributed by atoms with Gasteiger partial charge in [-0.15, -0.1) is 0 Å². The minimum atomic E-state index is 0.130. The normalized spacial score (nSPS) is 16.0. The topological polar surface area (TPSA) is 58.2 Å². The van der Waals surface area contributed by atoms with Gasteiger partial charge in [-0.1, -0.05) is 49.7 Å². The molecule has 3 heterocycles. The number of fused-ring (bicyclic) bond motifs is 1. The smallest absolute Gasteiger partial charge is 0.254 e. The zero-order valence-corrected chi connectivity index (χ0v) is 21.2. The van der Waals surface area contributed by atoms with E-state index >= 15 is 0 Å². The Balaban J connectivity index is 0.00000133. The standard InChI is InChI=1S/C27H31N3O2.C2H6/c1-17-4-6-20(7-5-17)21-8-11-30(12-9-21)27(31)23-15-22(18(2)14-19(23)3)26-28-24-10-13-32-16-25(24)29-26;1-2/h4-7,14-15,21H,8-13,16H2,1-3H3,(H,28,29);1-2H3. The fourth-order valence-electron chi connectivity index (χ4n) is 5.00. The maximum absolute atomic E-state index is 13.5. The van der Waals surface area contributed by atoms with E-state index in [0.29, 0.717) is 19.1 Å². The van der Waals surface area contributed by atoms with Crippen LogP contribution in [0.3, 0.4) is 0 Å². The number of hydrogen-bond acceptors (Lipinski definition) is 3. The van der Waals surface area contributed by atoms with E-state index < -0.39 is 0 Å². The molecule has 1 N–H and O–H groups in total. The van der Waals surface area contributed by atoms with Crippen LogP contribution in [0.1, 0.15) is 76.6 Å². The Morgan fingerprint density at radius 1 is 1.03 bits per heavy atom. The van der Waals surface area contributed by atoms with E-state index in [1.54, 1.807) is 0 Å². The number of likely N-dealkylation sites (tertiary alicyclic amines) is 1. The van der Waals surface area contributed by atoms with Crippen molar-refractivity contribution < 1.29 is 9.53 Å². The van der Waals surface area contributed by atoms with Crippen LogP contribution in [0, 0.1) is 20.8 Å². The first-order valence-corrected chi connectivity index (χ1v) is 12.6. The summed E-state index contributed by atoms with van der Waals surface area (Å²) < 4.78 is 5.55. The van der Waals surface area contributed by atoms with Crippen LogP contribution in [-0.4, -0.2) is 40.5 Å². The molecule has 3 aromatic rings. The number of nitrogens with one attached hydrogen (secondary N) is 1.